The number of rotatable bonds is 3. The maximum absolute atomic E-state index is 13.0. The Morgan fingerprint density at radius 1 is 1.24 bits per heavy atom. The Kier molecular flexibility index (Phi) is 2.97. The van der Waals surface area contributed by atoms with Crippen LogP contribution in [-0.2, 0) is 12.7 Å². The second kappa shape index (κ2) is 5.01. The molecule has 6 nitrogen and oxygen atoms in total. The lowest BCUT2D eigenvalue weighted by Gasteiger charge is -2.03. The fourth-order valence-electron chi connectivity index (χ4n) is 2.92. The van der Waals surface area contributed by atoms with Crippen LogP contribution in [0, 0.1) is 0 Å². The summed E-state index contributed by atoms with van der Waals surface area (Å²) in [7, 11) is 0. The number of thiophene rings is 1. The van der Waals surface area contributed by atoms with E-state index in [0.717, 1.165) is 29.1 Å². The lowest BCUT2D eigenvalue weighted by atomic mass is 10.2. The first kappa shape index (κ1) is 14.8. The van der Waals surface area contributed by atoms with Crippen LogP contribution in [0.3, 0.4) is 0 Å². The van der Waals surface area contributed by atoms with Crippen molar-refractivity contribution in [1.82, 2.24) is 29.4 Å². The third-order valence-electron chi connectivity index (χ3n) is 4.23. The number of hydrogen-bond acceptors (Lipinski definition) is 5. The maximum Gasteiger partial charge on any atom is 0.435 e. The van der Waals surface area contributed by atoms with E-state index in [0.29, 0.717) is 17.2 Å². The van der Waals surface area contributed by atoms with Gasteiger partial charge in [-0.25, -0.2) is 14.5 Å². The molecule has 0 bridgehead atoms. The molecule has 1 aliphatic rings. The second-order valence-electron chi connectivity index (χ2n) is 6.06. The molecule has 25 heavy (non-hydrogen) atoms. The van der Waals surface area contributed by atoms with E-state index in [4.69, 9.17) is 0 Å². The van der Waals surface area contributed by atoms with Crippen LogP contribution >= 0.6 is 11.3 Å². The Balaban J connectivity index is 1.57. The molecule has 5 rings (SSSR count). The summed E-state index contributed by atoms with van der Waals surface area (Å²) in [6, 6.07) is 3.05. The number of nitrogens with zero attached hydrogens (tertiary/aromatic N) is 6. The van der Waals surface area contributed by atoms with E-state index in [1.165, 1.54) is 16.0 Å². The van der Waals surface area contributed by atoms with Crippen molar-refractivity contribution in [2.75, 3.05) is 0 Å². The first-order valence-electron chi connectivity index (χ1n) is 7.71. The van der Waals surface area contributed by atoms with Crippen LogP contribution in [0.25, 0.3) is 15.9 Å². The van der Waals surface area contributed by atoms with E-state index in [2.05, 4.69) is 20.2 Å². The van der Waals surface area contributed by atoms with Crippen molar-refractivity contribution >= 4 is 27.2 Å². The van der Waals surface area contributed by atoms with Crippen molar-refractivity contribution in [2.24, 2.45) is 0 Å². The zero-order valence-corrected chi connectivity index (χ0v) is 13.5. The quantitative estimate of drug-likeness (QED) is 0.558. The summed E-state index contributed by atoms with van der Waals surface area (Å²) in [6.45, 7) is 0.106. The van der Waals surface area contributed by atoms with Crippen molar-refractivity contribution in [2.45, 2.75) is 31.5 Å². The number of alkyl halides is 3. The molecule has 0 spiro atoms. The van der Waals surface area contributed by atoms with Crippen molar-refractivity contribution < 1.29 is 13.2 Å². The highest BCUT2D eigenvalue weighted by Gasteiger charge is 2.38. The van der Waals surface area contributed by atoms with E-state index in [1.807, 2.05) is 11.4 Å². The highest BCUT2D eigenvalue weighted by atomic mass is 32.1. The third-order valence-corrected chi connectivity index (χ3v) is 5.05. The molecule has 0 aliphatic heterocycles. The van der Waals surface area contributed by atoms with Gasteiger partial charge < -0.3 is 0 Å². The van der Waals surface area contributed by atoms with Crippen molar-refractivity contribution in [3.63, 3.8) is 0 Å². The summed E-state index contributed by atoms with van der Waals surface area (Å²) in [5.41, 5.74) is 0.391. The van der Waals surface area contributed by atoms with Gasteiger partial charge in [0.25, 0.3) is 0 Å². The summed E-state index contributed by atoms with van der Waals surface area (Å²) in [6.07, 6.45) is -1.10. The summed E-state index contributed by atoms with van der Waals surface area (Å²) >= 11 is 1.50. The standard InChI is InChI=1S/C15H11F3N6S/c16-15(17,18)11-5-10(8-1-2-8)23(21-11)6-12-20-13-9-3-4-25-14(9)19-7-24(13)22-12/h3-5,7-8H,1-2,6H2. The van der Waals surface area contributed by atoms with Crippen molar-refractivity contribution in [3.8, 4) is 0 Å². The second-order valence-corrected chi connectivity index (χ2v) is 6.96. The van der Waals surface area contributed by atoms with Gasteiger partial charge in [0, 0.05) is 11.6 Å². The van der Waals surface area contributed by atoms with Crippen LogP contribution in [0.4, 0.5) is 13.2 Å². The minimum absolute atomic E-state index is 0.106. The molecule has 0 unspecified atom stereocenters. The lowest BCUT2D eigenvalue weighted by molar-refractivity contribution is -0.141. The predicted molar refractivity (Wildman–Crippen MR) is 84.5 cm³/mol. The number of aromatic nitrogens is 6. The fourth-order valence-corrected chi connectivity index (χ4v) is 3.64. The Bertz CT molecular complexity index is 1090. The highest BCUT2D eigenvalue weighted by molar-refractivity contribution is 7.16. The topological polar surface area (TPSA) is 60.9 Å². The molecule has 128 valence electrons. The first-order valence-corrected chi connectivity index (χ1v) is 8.59. The summed E-state index contributed by atoms with van der Waals surface area (Å²) < 4.78 is 41.9. The molecule has 0 atom stereocenters. The zero-order valence-electron chi connectivity index (χ0n) is 12.7. The SMILES string of the molecule is FC(F)(F)c1cc(C2CC2)n(Cc2nc3c4ccsc4ncn3n2)n1. The van der Waals surface area contributed by atoms with Crippen molar-refractivity contribution in [3.05, 3.63) is 41.1 Å². The third kappa shape index (κ3) is 2.48. The van der Waals surface area contributed by atoms with Gasteiger partial charge in [-0.15, -0.1) is 16.4 Å². The minimum atomic E-state index is -4.45. The molecule has 1 aliphatic carbocycles. The lowest BCUT2D eigenvalue weighted by Crippen LogP contribution is -2.10. The smallest absolute Gasteiger partial charge is 0.261 e. The Morgan fingerprint density at radius 3 is 2.84 bits per heavy atom. The van der Waals surface area contributed by atoms with Crippen LogP contribution in [0.2, 0.25) is 0 Å². The van der Waals surface area contributed by atoms with Gasteiger partial charge in [-0.3, -0.25) is 4.68 Å². The summed E-state index contributed by atoms with van der Waals surface area (Å²) in [5, 5.41) is 10.9. The highest BCUT2D eigenvalue weighted by Crippen LogP contribution is 2.42. The molecule has 0 N–H and O–H groups in total. The first-order chi connectivity index (χ1) is 12.0. The average Bonchev–Trinajstić information content (AvgIpc) is 2.98. The van der Waals surface area contributed by atoms with Crippen LogP contribution in [0.5, 0.6) is 0 Å². The van der Waals surface area contributed by atoms with Crippen LogP contribution in [0.15, 0.2) is 23.8 Å². The van der Waals surface area contributed by atoms with Gasteiger partial charge in [0.15, 0.2) is 17.2 Å². The minimum Gasteiger partial charge on any atom is -0.261 e. The van der Waals surface area contributed by atoms with Gasteiger partial charge >= 0.3 is 6.18 Å². The van der Waals surface area contributed by atoms with E-state index in [-0.39, 0.29) is 12.5 Å². The predicted octanol–water partition coefficient (Wildman–Crippen LogP) is 3.48. The van der Waals surface area contributed by atoms with Crippen LogP contribution < -0.4 is 0 Å². The molecule has 1 fully saturated rings. The largest absolute Gasteiger partial charge is 0.435 e. The molecular weight excluding hydrogens is 353 g/mol. The van der Waals surface area contributed by atoms with Gasteiger partial charge in [0.1, 0.15) is 17.7 Å². The summed E-state index contributed by atoms with van der Waals surface area (Å²) in [5.74, 6) is 0.560. The Hall–Kier alpha value is -2.49. The Morgan fingerprint density at radius 2 is 2.08 bits per heavy atom. The van der Waals surface area contributed by atoms with E-state index >= 15 is 0 Å². The van der Waals surface area contributed by atoms with Crippen LogP contribution in [0.1, 0.15) is 36.0 Å². The Labute approximate surface area is 142 Å². The van der Waals surface area contributed by atoms with E-state index in [1.54, 1.807) is 10.8 Å². The molecule has 10 heteroatoms. The van der Waals surface area contributed by atoms with Gasteiger partial charge in [-0.2, -0.15) is 18.3 Å². The molecule has 4 aromatic heterocycles. The molecule has 0 saturated heterocycles. The van der Waals surface area contributed by atoms with Crippen molar-refractivity contribution in [1.29, 1.82) is 0 Å². The monoisotopic (exact) mass is 364 g/mol. The number of halogens is 3. The maximum atomic E-state index is 13.0. The van der Waals surface area contributed by atoms with Gasteiger partial charge in [-0.05, 0) is 30.4 Å². The molecule has 0 amide bonds. The molecule has 4 heterocycles. The van der Waals surface area contributed by atoms with Gasteiger partial charge in [-0.1, -0.05) is 0 Å². The normalized spacial score (nSPS) is 15.5. The molecular formula is C15H11F3N6S. The summed E-state index contributed by atoms with van der Waals surface area (Å²) in [4.78, 5) is 9.62. The van der Waals surface area contributed by atoms with E-state index < -0.39 is 11.9 Å². The zero-order chi connectivity index (χ0) is 17.2. The number of hydrogen-bond donors (Lipinski definition) is 0. The average molecular weight is 364 g/mol. The van der Waals surface area contributed by atoms with Crippen LogP contribution in [-0.4, -0.2) is 29.4 Å². The fraction of sp³-hybridized carbons (Fsp3) is 0.333. The van der Waals surface area contributed by atoms with Gasteiger partial charge in [0.2, 0.25) is 0 Å². The molecule has 1 saturated carbocycles. The molecule has 0 aromatic carbocycles. The molecule has 0 radical (unpaired) electrons. The van der Waals surface area contributed by atoms with Gasteiger partial charge in [0.05, 0.1) is 5.39 Å². The number of fused-ring (bicyclic) bond motifs is 3. The van der Waals surface area contributed by atoms with E-state index in [9.17, 15) is 13.2 Å². The molecule has 4 aromatic rings.